The summed E-state index contributed by atoms with van der Waals surface area (Å²) in [5.74, 6) is 0.626. The van der Waals surface area contributed by atoms with Crippen molar-refractivity contribution in [3.05, 3.63) is 63.9 Å². The van der Waals surface area contributed by atoms with Gasteiger partial charge in [-0.25, -0.2) is 4.79 Å². The number of benzene rings is 2. The molecular formula is C26H29N3O6S. The molecule has 36 heavy (non-hydrogen) atoms. The summed E-state index contributed by atoms with van der Waals surface area (Å²) < 4.78 is 21.5. The Morgan fingerprint density at radius 2 is 1.92 bits per heavy atom. The number of aromatic amines is 1. The van der Waals surface area contributed by atoms with Crippen LogP contribution in [0.4, 0.5) is 5.69 Å². The number of ether oxygens (including phenoxy) is 4. The van der Waals surface area contributed by atoms with Gasteiger partial charge in [-0.2, -0.15) is 0 Å². The maximum absolute atomic E-state index is 13.0. The third-order valence-corrected chi connectivity index (χ3v) is 6.46. The molecular weight excluding hydrogens is 482 g/mol. The molecule has 0 aliphatic carbocycles. The minimum absolute atomic E-state index is 0.00973. The highest BCUT2D eigenvalue weighted by Crippen LogP contribution is 2.31. The monoisotopic (exact) mass is 511 g/mol. The lowest BCUT2D eigenvalue weighted by Gasteiger charge is -2.28. The van der Waals surface area contributed by atoms with Crippen LogP contribution >= 0.6 is 12.2 Å². The van der Waals surface area contributed by atoms with Gasteiger partial charge < -0.3 is 34.1 Å². The van der Waals surface area contributed by atoms with Crippen LogP contribution in [0.15, 0.2) is 47.3 Å². The van der Waals surface area contributed by atoms with Crippen LogP contribution in [0, 0.1) is 0 Å². The molecule has 4 rings (SSSR count). The molecule has 1 atom stereocenters. The van der Waals surface area contributed by atoms with Crippen molar-refractivity contribution in [2.45, 2.75) is 25.5 Å². The summed E-state index contributed by atoms with van der Waals surface area (Å²) in [5.41, 5.74) is 1.82. The Bertz CT molecular complexity index is 1320. The molecule has 10 heteroatoms. The quantitative estimate of drug-likeness (QED) is 0.346. The third kappa shape index (κ3) is 5.60. The van der Waals surface area contributed by atoms with Crippen LogP contribution in [0.25, 0.3) is 10.9 Å². The molecule has 0 amide bonds. The summed E-state index contributed by atoms with van der Waals surface area (Å²) in [5, 5.41) is 4.33. The maximum Gasteiger partial charge on any atom is 0.339 e. The topological polar surface area (TPSA) is 102 Å². The molecule has 0 spiro atoms. The third-order valence-electron chi connectivity index (χ3n) is 6.10. The second-order valence-electron chi connectivity index (χ2n) is 8.40. The fourth-order valence-corrected chi connectivity index (χ4v) is 4.48. The largest absolute Gasteiger partial charge is 0.493 e. The molecule has 190 valence electrons. The first-order chi connectivity index (χ1) is 17.4. The number of pyridine rings is 1. The minimum Gasteiger partial charge on any atom is -0.493 e. The first-order valence-electron chi connectivity index (χ1n) is 11.6. The number of hydrogen-bond donors (Lipinski definition) is 2. The summed E-state index contributed by atoms with van der Waals surface area (Å²) in [4.78, 5) is 30.0. The number of para-hydroxylation sites is 1. The molecule has 1 fully saturated rings. The predicted octanol–water partition coefficient (Wildman–Crippen LogP) is 3.71. The van der Waals surface area contributed by atoms with Gasteiger partial charge in [0.2, 0.25) is 0 Å². The molecule has 0 unspecified atom stereocenters. The van der Waals surface area contributed by atoms with E-state index in [0.717, 1.165) is 18.2 Å². The number of fused-ring (bicyclic) bond motifs is 1. The highest BCUT2D eigenvalue weighted by Gasteiger charge is 2.23. The van der Waals surface area contributed by atoms with E-state index in [1.165, 1.54) is 7.11 Å². The summed E-state index contributed by atoms with van der Waals surface area (Å²) in [6, 6.07) is 12.4. The van der Waals surface area contributed by atoms with Crippen LogP contribution in [0.2, 0.25) is 0 Å². The zero-order valence-electron chi connectivity index (χ0n) is 20.5. The van der Waals surface area contributed by atoms with Crippen molar-refractivity contribution in [2.75, 3.05) is 39.8 Å². The smallest absolute Gasteiger partial charge is 0.339 e. The van der Waals surface area contributed by atoms with Crippen molar-refractivity contribution in [1.82, 2.24) is 9.88 Å². The summed E-state index contributed by atoms with van der Waals surface area (Å²) >= 11 is 5.74. The number of nitrogens with zero attached hydrogens (tertiary/aromatic N) is 1. The van der Waals surface area contributed by atoms with Crippen molar-refractivity contribution in [3.8, 4) is 11.5 Å². The van der Waals surface area contributed by atoms with Crippen molar-refractivity contribution < 1.29 is 23.7 Å². The Labute approximate surface area is 214 Å². The molecule has 9 nitrogen and oxygen atoms in total. The number of anilines is 1. The summed E-state index contributed by atoms with van der Waals surface area (Å²) in [6.07, 6.45) is 1.87. The molecule has 1 saturated heterocycles. The van der Waals surface area contributed by atoms with E-state index in [-0.39, 0.29) is 18.2 Å². The Balaban J connectivity index is 1.65. The molecule has 1 aromatic heterocycles. The van der Waals surface area contributed by atoms with Crippen molar-refractivity contribution in [1.29, 1.82) is 0 Å². The van der Waals surface area contributed by atoms with Gasteiger partial charge in [0.15, 0.2) is 16.6 Å². The van der Waals surface area contributed by atoms with Crippen molar-refractivity contribution >= 4 is 39.9 Å². The fourth-order valence-electron chi connectivity index (χ4n) is 4.23. The van der Waals surface area contributed by atoms with Gasteiger partial charge in [-0.15, -0.1) is 0 Å². The molecule has 2 aromatic carbocycles. The van der Waals surface area contributed by atoms with E-state index in [1.807, 2.05) is 17.0 Å². The van der Waals surface area contributed by atoms with Gasteiger partial charge in [-0.05, 0) is 49.3 Å². The lowest BCUT2D eigenvalue weighted by atomic mass is 10.1. The lowest BCUT2D eigenvalue weighted by Crippen LogP contribution is -2.40. The van der Waals surface area contributed by atoms with Gasteiger partial charge in [0.05, 0.1) is 50.7 Å². The average molecular weight is 512 g/mol. The Morgan fingerprint density at radius 1 is 1.17 bits per heavy atom. The maximum atomic E-state index is 13.0. The van der Waals surface area contributed by atoms with E-state index in [2.05, 4.69) is 10.3 Å². The highest BCUT2D eigenvalue weighted by molar-refractivity contribution is 7.80. The predicted molar refractivity (Wildman–Crippen MR) is 141 cm³/mol. The van der Waals surface area contributed by atoms with E-state index in [1.54, 1.807) is 44.6 Å². The van der Waals surface area contributed by atoms with Gasteiger partial charge in [0, 0.05) is 30.2 Å². The number of thiocarbonyl (C=S) groups is 1. The van der Waals surface area contributed by atoms with Crippen LogP contribution in [-0.2, 0) is 16.0 Å². The SMILES string of the molecule is COC(=O)c1ccccc1NC(=S)N(Cc1cc2cc(OC)c(OC)cc2[nH]c1=O)C[C@H]1CCCO1. The summed E-state index contributed by atoms with van der Waals surface area (Å²) in [7, 11) is 4.44. The Kier molecular flexibility index (Phi) is 8.07. The standard InChI is InChI=1S/C26H29N3O6S/c1-32-22-12-16-11-17(24(30)27-21(16)13-23(22)33-2)14-29(15-18-7-6-10-35-18)26(36)28-20-9-5-4-8-19(20)25(31)34-3/h4-5,8-9,11-13,18H,6-7,10,14-15H2,1-3H3,(H,27,30)(H,28,36)/t18-/m1/s1. The van der Waals surface area contributed by atoms with Crippen LogP contribution in [0.1, 0.15) is 28.8 Å². The Hall–Kier alpha value is -3.63. The fraction of sp³-hybridized carbons (Fsp3) is 0.346. The average Bonchev–Trinajstić information content (AvgIpc) is 3.41. The van der Waals surface area contributed by atoms with Crippen LogP contribution in [0.3, 0.4) is 0 Å². The number of hydrogen-bond acceptors (Lipinski definition) is 7. The molecule has 2 N–H and O–H groups in total. The summed E-state index contributed by atoms with van der Waals surface area (Å²) in [6.45, 7) is 1.43. The van der Waals surface area contributed by atoms with E-state index < -0.39 is 5.97 Å². The Morgan fingerprint density at radius 3 is 2.61 bits per heavy atom. The van der Waals surface area contributed by atoms with Crippen LogP contribution in [0.5, 0.6) is 11.5 Å². The minimum atomic E-state index is -0.470. The molecule has 1 aliphatic heterocycles. The van der Waals surface area contributed by atoms with E-state index in [4.69, 9.17) is 31.2 Å². The first-order valence-corrected chi connectivity index (χ1v) is 12.0. The second-order valence-corrected chi connectivity index (χ2v) is 8.79. The van der Waals surface area contributed by atoms with Gasteiger partial charge in [-0.1, -0.05) is 12.1 Å². The number of methoxy groups -OCH3 is 3. The zero-order chi connectivity index (χ0) is 25.7. The number of H-pyrrole nitrogens is 1. The van der Waals surface area contributed by atoms with Crippen LogP contribution < -0.4 is 20.3 Å². The van der Waals surface area contributed by atoms with Crippen molar-refractivity contribution in [2.24, 2.45) is 0 Å². The first kappa shape index (κ1) is 25.5. The number of carbonyl (C=O) groups is 1. The molecule has 3 aromatic rings. The van der Waals surface area contributed by atoms with Gasteiger partial charge in [0.1, 0.15) is 0 Å². The van der Waals surface area contributed by atoms with Gasteiger partial charge in [-0.3, -0.25) is 4.79 Å². The number of rotatable bonds is 8. The van der Waals surface area contributed by atoms with Crippen LogP contribution in [-0.4, -0.2) is 61.6 Å². The van der Waals surface area contributed by atoms with E-state index in [0.29, 0.717) is 52.1 Å². The van der Waals surface area contributed by atoms with Crippen molar-refractivity contribution in [3.63, 3.8) is 0 Å². The number of carbonyl (C=O) groups excluding carboxylic acids is 1. The van der Waals surface area contributed by atoms with E-state index in [9.17, 15) is 9.59 Å². The second kappa shape index (κ2) is 11.4. The molecule has 0 radical (unpaired) electrons. The number of aromatic nitrogens is 1. The molecule has 2 heterocycles. The highest BCUT2D eigenvalue weighted by atomic mass is 32.1. The molecule has 0 saturated carbocycles. The normalized spacial score (nSPS) is 14.9. The molecule has 0 bridgehead atoms. The number of nitrogens with one attached hydrogen (secondary N) is 2. The lowest BCUT2D eigenvalue weighted by molar-refractivity contribution is 0.0602. The zero-order valence-corrected chi connectivity index (χ0v) is 21.3. The number of esters is 1. The van der Waals surface area contributed by atoms with E-state index >= 15 is 0 Å². The van der Waals surface area contributed by atoms with Gasteiger partial charge in [0.25, 0.3) is 5.56 Å². The van der Waals surface area contributed by atoms with Gasteiger partial charge >= 0.3 is 5.97 Å². The molecule has 1 aliphatic rings.